The molecule has 1 aliphatic heterocycles. The van der Waals surface area contributed by atoms with Crippen molar-refractivity contribution < 1.29 is 14.3 Å². The van der Waals surface area contributed by atoms with E-state index >= 15 is 0 Å². The summed E-state index contributed by atoms with van der Waals surface area (Å²) in [6.07, 6.45) is 4.80. The van der Waals surface area contributed by atoms with Gasteiger partial charge >= 0.3 is 0 Å². The van der Waals surface area contributed by atoms with E-state index in [2.05, 4.69) is 24.1 Å². The lowest BCUT2D eigenvalue weighted by Gasteiger charge is -2.39. The molecule has 2 N–H and O–H groups in total. The van der Waals surface area contributed by atoms with Crippen molar-refractivity contribution in [1.82, 2.24) is 15.2 Å². The summed E-state index contributed by atoms with van der Waals surface area (Å²) in [7, 11) is 0. The zero-order valence-electron chi connectivity index (χ0n) is 17.3. The molecule has 0 saturated carbocycles. The fraction of sp³-hybridized carbons (Fsp3) is 0.714. The Morgan fingerprint density at radius 2 is 1.93 bits per heavy atom. The van der Waals surface area contributed by atoms with Crippen LogP contribution in [0.25, 0.3) is 0 Å². The van der Waals surface area contributed by atoms with Crippen LogP contribution >= 0.6 is 0 Å². The third-order valence-electron chi connectivity index (χ3n) is 5.23. The van der Waals surface area contributed by atoms with Gasteiger partial charge in [0, 0.05) is 42.3 Å². The number of nitrogens with one attached hydrogen (secondary N) is 1. The molecule has 2 rings (SSSR count). The Balaban J connectivity index is 1.80. The molecule has 0 unspecified atom stereocenters. The van der Waals surface area contributed by atoms with Crippen molar-refractivity contribution in [1.29, 1.82) is 0 Å². The molecular weight excluding hydrogens is 345 g/mol. The Morgan fingerprint density at radius 1 is 1.30 bits per heavy atom. The van der Waals surface area contributed by atoms with Gasteiger partial charge in [-0.2, -0.15) is 0 Å². The van der Waals surface area contributed by atoms with E-state index in [-0.39, 0.29) is 16.9 Å². The first kappa shape index (κ1) is 21.8. The Labute approximate surface area is 162 Å². The Kier molecular flexibility index (Phi) is 6.98. The van der Waals surface area contributed by atoms with Crippen LogP contribution in [0.1, 0.15) is 65.5 Å². The van der Waals surface area contributed by atoms with Gasteiger partial charge in [-0.15, -0.1) is 0 Å². The maximum Gasteiger partial charge on any atom is 0.227 e. The standard InChI is InChI=1S/C21H34FN3O2/c1-20(2,3)19(27)25-8-6-15(7-9-25)11-21(4,5)24-14-18(26)16-10-17(22)13-23-12-16/h10,12-13,15,18,24,26H,6-9,11,14H2,1-5H3/t18-/m0/s1. The number of halogens is 1. The minimum absolute atomic E-state index is 0.150. The topological polar surface area (TPSA) is 65.5 Å². The first-order chi connectivity index (χ1) is 12.5. The second kappa shape index (κ2) is 8.65. The minimum atomic E-state index is -0.793. The number of hydrogen-bond acceptors (Lipinski definition) is 4. The molecule has 0 aromatic carbocycles. The number of nitrogens with zero attached hydrogens (tertiary/aromatic N) is 2. The monoisotopic (exact) mass is 379 g/mol. The van der Waals surface area contributed by atoms with Gasteiger partial charge in [0.15, 0.2) is 0 Å². The third-order valence-corrected chi connectivity index (χ3v) is 5.23. The predicted octanol–water partition coefficient (Wildman–Crippen LogP) is 3.30. The lowest BCUT2D eigenvalue weighted by Crippen LogP contribution is -2.47. The number of aliphatic hydroxyl groups excluding tert-OH is 1. The predicted molar refractivity (Wildman–Crippen MR) is 105 cm³/mol. The van der Waals surface area contributed by atoms with Gasteiger partial charge in [-0.05, 0) is 45.1 Å². The SMILES string of the molecule is CC(C)(CC1CCN(C(=O)C(C)(C)C)CC1)NC[C@H](O)c1cncc(F)c1. The van der Waals surface area contributed by atoms with Gasteiger partial charge in [-0.3, -0.25) is 9.78 Å². The van der Waals surface area contributed by atoms with Crippen molar-refractivity contribution in [2.24, 2.45) is 11.3 Å². The number of carbonyl (C=O) groups is 1. The summed E-state index contributed by atoms with van der Waals surface area (Å²) in [5, 5.41) is 13.7. The molecule has 1 aliphatic rings. The first-order valence-electron chi connectivity index (χ1n) is 9.81. The highest BCUT2D eigenvalue weighted by atomic mass is 19.1. The summed E-state index contributed by atoms with van der Waals surface area (Å²) in [4.78, 5) is 18.2. The highest BCUT2D eigenvalue weighted by Gasteiger charge is 2.32. The molecule has 1 fully saturated rings. The number of pyridine rings is 1. The van der Waals surface area contributed by atoms with Crippen LogP contribution in [0.2, 0.25) is 0 Å². The molecule has 1 aromatic rings. The molecule has 1 amide bonds. The minimum Gasteiger partial charge on any atom is -0.387 e. The van der Waals surface area contributed by atoms with Crippen molar-refractivity contribution >= 4 is 5.91 Å². The average molecular weight is 380 g/mol. The van der Waals surface area contributed by atoms with Gasteiger partial charge in [-0.25, -0.2) is 4.39 Å². The van der Waals surface area contributed by atoms with Gasteiger partial charge in [-0.1, -0.05) is 20.8 Å². The molecule has 0 bridgehead atoms. The Bertz CT molecular complexity index is 635. The zero-order valence-corrected chi connectivity index (χ0v) is 17.3. The quantitative estimate of drug-likeness (QED) is 0.796. The van der Waals surface area contributed by atoms with Crippen molar-refractivity contribution in [3.8, 4) is 0 Å². The number of hydrogen-bond donors (Lipinski definition) is 2. The van der Waals surface area contributed by atoms with Crippen molar-refractivity contribution in [3.05, 3.63) is 29.8 Å². The van der Waals surface area contributed by atoms with E-state index in [1.165, 1.54) is 12.3 Å². The average Bonchev–Trinajstić information content (AvgIpc) is 2.58. The molecule has 152 valence electrons. The van der Waals surface area contributed by atoms with Crippen LogP contribution in [0.4, 0.5) is 4.39 Å². The molecule has 1 atom stereocenters. The highest BCUT2D eigenvalue weighted by molar-refractivity contribution is 5.81. The number of carbonyl (C=O) groups excluding carboxylic acids is 1. The van der Waals surface area contributed by atoms with Gasteiger partial charge < -0.3 is 15.3 Å². The van der Waals surface area contributed by atoms with Crippen LogP contribution < -0.4 is 5.32 Å². The number of aromatic nitrogens is 1. The van der Waals surface area contributed by atoms with Crippen LogP contribution in [-0.4, -0.2) is 46.1 Å². The molecular formula is C21H34FN3O2. The molecule has 0 aliphatic carbocycles. The number of amides is 1. The molecule has 6 heteroatoms. The number of piperidine rings is 1. The molecule has 1 aromatic heterocycles. The lowest BCUT2D eigenvalue weighted by molar-refractivity contribution is -0.141. The van der Waals surface area contributed by atoms with Gasteiger partial charge in [0.05, 0.1) is 12.3 Å². The molecule has 27 heavy (non-hydrogen) atoms. The van der Waals surface area contributed by atoms with E-state index in [1.54, 1.807) is 0 Å². The first-order valence-corrected chi connectivity index (χ1v) is 9.81. The molecule has 1 saturated heterocycles. The normalized spacial score (nSPS) is 17.8. The molecule has 5 nitrogen and oxygen atoms in total. The zero-order chi connectivity index (χ0) is 20.2. The lowest BCUT2D eigenvalue weighted by atomic mass is 9.83. The smallest absolute Gasteiger partial charge is 0.227 e. The molecule has 2 heterocycles. The summed E-state index contributed by atoms with van der Waals surface area (Å²) < 4.78 is 13.3. The van der Waals surface area contributed by atoms with E-state index in [1.807, 2.05) is 25.7 Å². The van der Waals surface area contributed by atoms with E-state index in [0.29, 0.717) is 18.0 Å². The maximum atomic E-state index is 13.3. The van der Waals surface area contributed by atoms with Gasteiger partial charge in [0.25, 0.3) is 0 Å². The van der Waals surface area contributed by atoms with Crippen LogP contribution in [-0.2, 0) is 4.79 Å². The van der Waals surface area contributed by atoms with Gasteiger partial charge in [0.1, 0.15) is 5.82 Å². The maximum absolute atomic E-state index is 13.3. The summed E-state index contributed by atoms with van der Waals surface area (Å²) in [5.74, 6) is 0.331. The van der Waals surface area contributed by atoms with Crippen LogP contribution in [0.5, 0.6) is 0 Å². The van der Waals surface area contributed by atoms with Crippen LogP contribution in [0.15, 0.2) is 18.5 Å². The van der Waals surface area contributed by atoms with Crippen molar-refractivity contribution in [2.75, 3.05) is 19.6 Å². The van der Waals surface area contributed by atoms with Gasteiger partial charge in [0.2, 0.25) is 5.91 Å². The number of rotatable bonds is 6. The van der Waals surface area contributed by atoms with E-state index < -0.39 is 11.9 Å². The summed E-state index contributed by atoms with van der Waals surface area (Å²) >= 11 is 0. The summed E-state index contributed by atoms with van der Waals surface area (Å²) in [6, 6.07) is 1.31. The van der Waals surface area contributed by atoms with Crippen LogP contribution in [0.3, 0.4) is 0 Å². The second-order valence-electron chi connectivity index (χ2n) is 9.41. The second-order valence-corrected chi connectivity index (χ2v) is 9.41. The van der Waals surface area contributed by atoms with E-state index in [0.717, 1.165) is 38.5 Å². The summed E-state index contributed by atoms with van der Waals surface area (Å²) in [6.45, 7) is 12.1. The fourth-order valence-corrected chi connectivity index (χ4v) is 3.71. The molecule has 0 radical (unpaired) electrons. The third kappa shape index (κ3) is 6.54. The number of aliphatic hydroxyl groups is 1. The largest absolute Gasteiger partial charge is 0.387 e. The summed E-state index contributed by atoms with van der Waals surface area (Å²) in [5.41, 5.74) is 0.00495. The van der Waals surface area contributed by atoms with Crippen LogP contribution in [0, 0.1) is 17.2 Å². The Hall–Kier alpha value is -1.53. The number of β-amino-alcohol motifs (C(OH)–C–C–N with tert-alkyl or cyclic N) is 1. The fourth-order valence-electron chi connectivity index (χ4n) is 3.71. The number of likely N-dealkylation sites (tertiary alicyclic amines) is 1. The van der Waals surface area contributed by atoms with Crippen molar-refractivity contribution in [3.63, 3.8) is 0 Å². The highest BCUT2D eigenvalue weighted by Crippen LogP contribution is 2.29. The van der Waals surface area contributed by atoms with Crippen molar-refractivity contribution in [2.45, 2.75) is 65.5 Å². The van der Waals surface area contributed by atoms with E-state index in [4.69, 9.17) is 0 Å². The Morgan fingerprint density at radius 3 is 2.48 bits per heavy atom. The van der Waals surface area contributed by atoms with E-state index in [9.17, 15) is 14.3 Å². The molecule has 0 spiro atoms.